The minimum atomic E-state index is 0. The second-order valence-corrected chi connectivity index (χ2v) is 7.15. The number of fused-ring (bicyclic) bond motifs is 1. The van der Waals surface area contributed by atoms with Crippen molar-refractivity contribution in [3.8, 4) is 11.5 Å². The molecule has 0 radical (unpaired) electrons. The summed E-state index contributed by atoms with van der Waals surface area (Å²) in [6.45, 7) is 8.94. The molecule has 3 rings (SSSR count). The number of guanidine groups is 1. The minimum Gasteiger partial charge on any atom is -0.490 e. The van der Waals surface area contributed by atoms with E-state index in [0.29, 0.717) is 31.8 Å². The Labute approximate surface area is 173 Å². The van der Waals surface area contributed by atoms with E-state index in [4.69, 9.17) is 15.2 Å². The number of nitrogens with one attached hydrogen (secondary N) is 1. The molecule has 0 aliphatic carbocycles. The fourth-order valence-electron chi connectivity index (χ4n) is 3.40. The highest BCUT2D eigenvalue weighted by atomic mass is 127. The van der Waals surface area contributed by atoms with Gasteiger partial charge in [-0.25, -0.2) is 0 Å². The Balaban J connectivity index is 0.00000243. The molecule has 0 bridgehead atoms. The minimum absolute atomic E-state index is 0. The molecule has 1 saturated heterocycles. The van der Waals surface area contributed by atoms with Gasteiger partial charge in [0.15, 0.2) is 17.5 Å². The smallest absolute Gasteiger partial charge is 0.193 e. The van der Waals surface area contributed by atoms with E-state index in [1.807, 2.05) is 18.2 Å². The van der Waals surface area contributed by atoms with Crippen LogP contribution in [-0.4, -0.2) is 49.7 Å². The molecule has 1 fully saturated rings. The second kappa shape index (κ2) is 10.2. The second-order valence-electron chi connectivity index (χ2n) is 7.15. The molecule has 26 heavy (non-hydrogen) atoms. The number of nitrogens with zero attached hydrogens (tertiary/aromatic N) is 2. The maximum absolute atomic E-state index is 6.07. The molecular weight excluding hydrogens is 443 g/mol. The Bertz CT molecular complexity index is 611. The van der Waals surface area contributed by atoms with Crippen LogP contribution in [0.2, 0.25) is 0 Å². The summed E-state index contributed by atoms with van der Waals surface area (Å²) in [7, 11) is 0. The summed E-state index contributed by atoms with van der Waals surface area (Å²) < 4.78 is 11.3. The first kappa shape index (κ1) is 21.1. The quantitative estimate of drug-likeness (QED) is 0.398. The van der Waals surface area contributed by atoms with Crippen LogP contribution in [-0.2, 0) is 0 Å². The van der Waals surface area contributed by atoms with E-state index in [1.165, 1.54) is 12.8 Å². The van der Waals surface area contributed by atoms with Crippen molar-refractivity contribution in [2.24, 2.45) is 16.6 Å². The number of benzene rings is 1. The zero-order valence-electron chi connectivity index (χ0n) is 15.7. The predicted octanol–water partition coefficient (Wildman–Crippen LogP) is 3.31. The van der Waals surface area contributed by atoms with Crippen molar-refractivity contribution >= 4 is 35.6 Å². The zero-order chi connectivity index (χ0) is 17.6. The van der Waals surface area contributed by atoms with Crippen molar-refractivity contribution in [1.29, 1.82) is 0 Å². The van der Waals surface area contributed by atoms with Gasteiger partial charge in [0, 0.05) is 30.8 Å². The van der Waals surface area contributed by atoms with Gasteiger partial charge in [-0.15, -0.1) is 24.0 Å². The van der Waals surface area contributed by atoms with E-state index >= 15 is 0 Å². The van der Waals surface area contributed by atoms with Crippen LogP contribution in [0.25, 0.3) is 0 Å². The van der Waals surface area contributed by atoms with Crippen molar-refractivity contribution in [3.05, 3.63) is 18.2 Å². The average molecular weight is 474 g/mol. The number of piperidine rings is 1. The van der Waals surface area contributed by atoms with Gasteiger partial charge in [0.05, 0.1) is 19.8 Å². The van der Waals surface area contributed by atoms with Crippen molar-refractivity contribution in [2.45, 2.75) is 39.2 Å². The molecule has 2 atom stereocenters. The van der Waals surface area contributed by atoms with E-state index in [1.54, 1.807) is 0 Å². The Hall–Kier alpha value is -1.22. The molecule has 0 spiro atoms. The van der Waals surface area contributed by atoms with E-state index in [0.717, 1.165) is 42.6 Å². The zero-order valence-corrected chi connectivity index (χ0v) is 18.1. The number of ether oxygens (including phenoxy) is 2. The number of rotatable bonds is 4. The highest BCUT2D eigenvalue weighted by molar-refractivity contribution is 14.0. The molecule has 0 aromatic heterocycles. The molecule has 7 heteroatoms. The monoisotopic (exact) mass is 474 g/mol. The number of hydrogen-bond acceptors (Lipinski definition) is 4. The highest BCUT2D eigenvalue weighted by Crippen LogP contribution is 2.32. The lowest BCUT2D eigenvalue weighted by molar-refractivity contribution is 0.142. The maximum Gasteiger partial charge on any atom is 0.193 e. The largest absolute Gasteiger partial charge is 0.490 e. The summed E-state index contributed by atoms with van der Waals surface area (Å²) >= 11 is 0. The topological polar surface area (TPSA) is 72.1 Å². The average Bonchev–Trinajstić information content (AvgIpc) is 2.84. The molecule has 2 unspecified atom stereocenters. The van der Waals surface area contributed by atoms with Crippen LogP contribution >= 0.6 is 24.0 Å². The van der Waals surface area contributed by atoms with E-state index in [9.17, 15) is 0 Å². The Morgan fingerprint density at radius 1 is 1.31 bits per heavy atom. The first-order valence-corrected chi connectivity index (χ1v) is 9.32. The first-order chi connectivity index (χ1) is 12.1. The summed E-state index contributed by atoms with van der Waals surface area (Å²) in [5, 5.41) is 3.15. The molecule has 0 amide bonds. The normalized spacial score (nSPS) is 22.1. The molecule has 3 N–H and O–H groups in total. The molecule has 1 aromatic rings. The summed E-state index contributed by atoms with van der Waals surface area (Å²) in [6.07, 6.45) is 3.51. The van der Waals surface area contributed by atoms with Gasteiger partial charge in [0.2, 0.25) is 0 Å². The lowest BCUT2D eigenvalue weighted by atomic mass is 9.99. The number of hydrogen-bond donors (Lipinski definition) is 2. The summed E-state index contributed by atoms with van der Waals surface area (Å²) in [6, 6.07) is 6.17. The first-order valence-electron chi connectivity index (χ1n) is 9.32. The van der Waals surface area contributed by atoms with Crippen molar-refractivity contribution < 1.29 is 9.47 Å². The molecule has 2 heterocycles. The molecule has 2 aliphatic rings. The van der Waals surface area contributed by atoms with Gasteiger partial charge >= 0.3 is 0 Å². The van der Waals surface area contributed by atoms with Crippen molar-refractivity contribution in [1.82, 2.24) is 4.90 Å². The molecule has 146 valence electrons. The van der Waals surface area contributed by atoms with E-state index in [2.05, 4.69) is 29.1 Å². The van der Waals surface area contributed by atoms with Crippen LogP contribution in [0.4, 0.5) is 5.69 Å². The van der Waals surface area contributed by atoms with Crippen LogP contribution in [0, 0.1) is 5.92 Å². The summed E-state index contributed by atoms with van der Waals surface area (Å²) in [4.78, 5) is 7.03. The number of halogens is 1. The van der Waals surface area contributed by atoms with Gasteiger partial charge < -0.3 is 20.5 Å². The summed E-state index contributed by atoms with van der Waals surface area (Å²) in [5.74, 6) is 2.75. The molecule has 6 nitrogen and oxygen atoms in total. The Morgan fingerprint density at radius 2 is 2.08 bits per heavy atom. The van der Waals surface area contributed by atoms with Gasteiger partial charge in [0.25, 0.3) is 0 Å². The van der Waals surface area contributed by atoms with Crippen molar-refractivity contribution in [2.75, 3.05) is 38.2 Å². The third-order valence-electron chi connectivity index (χ3n) is 4.86. The number of anilines is 1. The van der Waals surface area contributed by atoms with Crippen LogP contribution in [0.1, 0.15) is 33.1 Å². The van der Waals surface area contributed by atoms with Crippen LogP contribution < -0.4 is 20.5 Å². The third-order valence-corrected chi connectivity index (χ3v) is 4.86. The van der Waals surface area contributed by atoms with Crippen LogP contribution in [0.15, 0.2) is 23.2 Å². The SMILES string of the molecule is CC1CCCN(C(C)CN=C(N)Nc2ccc3c(c2)OCCCO3)C1.I. The third kappa shape index (κ3) is 5.90. The Kier molecular flexibility index (Phi) is 8.27. The fourth-order valence-corrected chi connectivity index (χ4v) is 3.40. The maximum atomic E-state index is 6.07. The molecule has 1 aromatic carbocycles. The van der Waals surface area contributed by atoms with Crippen LogP contribution in [0.5, 0.6) is 11.5 Å². The number of aliphatic imine (C=N–C) groups is 1. The van der Waals surface area contributed by atoms with Gasteiger partial charge in [-0.3, -0.25) is 9.89 Å². The van der Waals surface area contributed by atoms with Gasteiger partial charge in [0.1, 0.15) is 0 Å². The highest BCUT2D eigenvalue weighted by Gasteiger charge is 2.20. The van der Waals surface area contributed by atoms with E-state index in [-0.39, 0.29) is 24.0 Å². The van der Waals surface area contributed by atoms with Gasteiger partial charge in [-0.1, -0.05) is 6.92 Å². The molecule has 2 aliphatic heterocycles. The lowest BCUT2D eigenvalue weighted by Crippen LogP contribution is -2.42. The molecule has 0 saturated carbocycles. The number of nitrogens with two attached hydrogens (primary N) is 1. The van der Waals surface area contributed by atoms with Gasteiger partial charge in [-0.2, -0.15) is 0 Å². The fraction of sp³-hybridized carbons (Fsp3) is 0.632. The standard InChI is InChI=1S/C19H30N4O2.HI/c1-14-5-3-8-23(13-14)15(2)12-21-19(20)22-16-6-7-17-18(11-16)25-10-4-9-24-17;/h6-7,11,14-15H,3-5,8-10,12-13H2,1-2H3,(H3,20,21,22);1H. The van der Waals surface area contributed by atoms with Crippen LogP contribution in [0.3, 0.4) is 0 Å². The lowest BCUT2D eigenvalue weighted by Gasteiger charge is -2.34. The molecular formula is C19H31IN4O2. The van der Waals surface area contributed by atoms with Crippen molar-refractivity contribution in [3.63, 3.8) is 0 Å². The predicted molar refractivity (Wildman–Crippen MR) is 117 cm³/mol. The van der Waals surface area contributed by atoms with E-state index < -0.39 is 0 Å². The number of likely N-dealkylation sites (tertiary alicyclic amines) is 1. The van der Waals surface area contributed by atoms with Gasteiger partial charge in [-0.05, 0) is 44.4 Å². The summed E-state index contributed by atoms with van der Waals surface area (Å²) in [5.41, 5.74) is 6.93. The Morgan fingerprint density at radius 3 is 2.85 bits per heavy atom.